The second-order valence-electron chi connectivity index (χ2n) is 7.82. The molecule has 0 radical (unpaired) electrons. The van der Waals surface area contributed by atoms with Crippen molar-refractivity contribution in [1.29, 1.82) is 0 Å². The molecule has 1 amide bonds. The zero-order valence-corrected chi connectivity index (χ0v) is 15.8. The van der Waals surface area contributed by atoms with E-state index < -0.39 is 0 Å². The van der Waals surface area contributed by atoms with Gasteiger partial charge in [-0.3, -0.25) is 4.79 Å². The van der Waals surface area contributed by atoms with Gasteiger partial charge in [0.2, 0.25) is 5.91 Å². The SMILES string of the molecule is O=C(CC12C[C@@H]3C[C@@H](CC(Br)(C3)C1)C2)Nc1ccccc1Br. The number of alkyl halides is 1. The second-order valence-corrected chi connectivity index (χ2v) is 10.4. The van der Waals surface area contributed by atoms with Crippen LogP contribution in [0.3, 0.4) is 0 Å². The van der Waals surface area contributed by atoms with Crippen molar-refractivity contribution < 1.29 is 4.79 Å². The predicted molar refractivity (Wildman–Crippen MR) is 96.2 cm³/mol. The van der Waals surface area contributed by atoms with E-state index in [1.807, 2.05) is 24.3 Å². The van der Waals surface area contributed by atoms with Gasteiger partial charge >= 0.3 is 0 Å². The highest BCUT2D eigenvalue weighted by Crippen LogP contribution is 2.65. The standard InChI is InChI=1S/C18H21Br2NO/c19-14-3-1-2-4-15(14)21-16(22)10-17-6-12-5-13(7-17)9-18(20,8-12)11-17/h1-4,12-13H,5-11H2,(H,21,22)/t12-,13+,17?,18?. The fourth-order valence-corrected chi connectivity index (χ4v) is 7.53. The van der Waals surface area contributed by atoms with Gasteiger partial charge in [0.25, 0.3) is 0 Å². The van der Waals surface area contributed by atoms with E-state index in [1.165, 1.54) is 38.5 Å². The van der Waals surface area contributed by atoms with Gasteiger partial charge < -0.3 is 5.32 Å². The number of rotatable bonds is 3. The van der Waals surface area contributed by atoms with Crippen molar-refractivity contribution in [3.63, 3.8) is 0 Å². The maximum Gasteiger partial charge on any atom is 0.224 e. The number of hydrogen-bond donors (Lipinski definition) is 1. The van der Waals surface area contributed by atoms with Crippen LogP contribution in [0.15, 0.2) is 28.7 Å². The lowest BCUT2D eigenvalue weighted by molar-refractivity contribution is -0.123. The fourth-order valence-electron chi connectivity index (χ4n) is 5.64. The molecule has 4 aliphatic rings. The van der Waals surface area contributed by atoms with Crippen LogP contribution in [0.1, 0.15) is 44.9 Å². The van der Waals surface area contributed by atoms with Crippen LogP contribution >= 0.6 is 31.9 Å². The molecule has 4 bridgehead atoms. The highest BCUT2D eigenvalue weighted by atomic mass is 79.9. The lowest BCUT2D eigenvalue weighted by Crippen LogP contribution is -2.53. The van der Waals surface area contributed by atoms with E-state index in [0.29, 0.717) is 10.7 Å². The van der Waals surface area contributed by atoms with Gasteiger partial charge in [-0.05, 0) is 83.8 Å². The largest absolute Gasteiger partial charge is 0.325 e. The number of para-hydroxylation sites is 1. The van der Waals surface area contributed by atoms with E-state index in [0.717, 1.165) is 22.0 Å². The summed E-state index contributed by atoms with van der Waals surface area (Å²) in [5, 5.41) is 3.10. The van der Waals surface area contributed by atoms with Gasteiger partial charge in [0, 0.05) is 15.2 Å². The van der Waals surface area contributed by atoms with Crippen molar-refractivity contribution in [2.24, 2.45) is 17.3 Å². The average molecular weight is 427 g/mol. The van der Waals surface area contributed by atoms with Crippen molar-refractivity contribution in [1.82, 2.24) is 0 Å². The van der Waals surface area contributed by atoms with Crippen molar-refractivity contribution >= 4 is 43.5 Å². The zero-order chi connectivity index (χ0) is 15.4. The third-order valence-corrected chi connectivity index (χ3v) is 7.41. The van der Waals surface area contributed by atoms with E-state index in [1.54, 1.807) is 0 Å². The Labute approximate surface area is 148 Å². The van der Waals surface area contributed by atoms with Crippen LogP contribution in [0.4, 0.5) is 5.69 Å². The molecule has 0 aromatic heterocycles. The molecule has 22 heavy (non-hydrogen) atoms. The van der Waals surface area contributed by atoms with Gasteiger partial charge in [0.05, 0.1) is 5.69 Å². The molecule has 4 aliphatic carbocycles. The molecule has 4 atom stereocenters. The highest BCUT2D eigenvalue weighted by molar-refractivity contribution is 9.10. The summed E-state index contributed by atoms with van der Waals surface area (Å²) in [6, 6.07) is 7.84. The van der Waals surface area contributed by atoms with Gasteiger partial charge in [-0.25, -0.2) is 0 Å². The minimum Gasteiger partial charge on any atom is -0.325 e. The van der Waals surface area contributed by atoms with E-state index in [4.69, 9.17) is 0 Å². The monoisotopic (exact) mass is 425 g/mol. The van der Waals surface area contributed by atoms with Crippen LogP contribution in [0, 0.1) is 17.3 Å². The Morgan fingerprint density at radius 1 is 1.18 bits per heavy atom. The Morgan fingerprint density at radius 2 is 1.86 bits per heavy atom. The Hall–Kier alpha value is -0.350. The summed E-state index contributed by atoms with van der Waals surface area (Å²) in [5.74, 6) is 1.83. The molecule has 0 aliphatic heterocycles. The van der Waals surface area contributed by atoms with Crippen LogP contribution in [-0.4, -0.2) is 10.2 Å². The van der Waals surface area contributed by atoms with Crippen LogP contribution in [0.25, 0.3) is 0 Å². The number of nitrogens with one attached hydrogen (secondary N) is 1. The maximum atomic E-state index is 12.6. The van der Waals surface area contributed by atoms with Gasteiger partial charge in [-0.1, -0.05) is 28.1 Å². The quantitative estimate of drug-likeness (QED) is 0.634. The average Bonchev–Trinajstić information content (AvgIpc) is 2.37. The number of anilines is 1. The number of amides is 1. The molecule has 4 fully saturated rings. The molecule has 2 nitrogen and oxygen atoms in total. The summed E-state index contributed by atoms with van der Waals surface area (Å²) < 4.78 is 1.27. The Kier molecular flexibility index (Phi) is 3.69. The van der Waals surface area contributed by atoms with Crippen molar-refractivity contribution in [2.75, 3.05) is 5.32 Å². The molecular formula is C18H21Br2NO. The molecule has 1 aromatic rings. The molecule has 0 saturated heterocycles. The zero-order valence-electron chi connectivity index (χ0n) is 12.6. The third-order valence-electron chi connectivity index (χ3n) is 5.79. The molecule has 5 rings (SSSR count). The Bertz CT molecular complexity index is 601. The van der Waals surface area contributed by atoms with Gasteiger partial charge in [-0.15, -0.1) is 0 Å². The summed E-state index contributed by atoms with van der Waals surface area (Å²) in [7, 11) is 0. The summed E-state index contributed by atoms with van der Waals surface area (Å²) in [4.78, 5) is 12.6. The first-order valence-electron chi connectivity index (χ1n) is 8.19. The maximum absolute atomic E-state index is 12.6. The molecule has 0 spiro atoms. The fraction of sp³-hybridized carbons (Fsp3) is 0.611. The van der Waals surface area contributed by atoms with E-state index in [2.05, 4.69) is 37.2 Å². The predicted octanol–water partition coefficient (Wildman–Crippen LogP) is 5.51. The molecule has 2 unspecified atom stereocenters. The van der Waals surface area contributed by atoms with Crippen LogP contribution in [0.5, 0.6) is 0 Å². The third kappa shape index (κ3) is 2.77. The first-order chi connectivity index (χ1) is 10.5. The number of carbonyl (C=O) groups excluding carboxylic acids is 1. The molecule has 4 heteroatoms. The smallest absolute Gasteiger partial charge is 0.224 e. The summed E-state index contributed by atoms with van der Waals surface area (Å²) in [5.41, 5.74) is 1.12. The first-order valence-corrected chi connectivity index (χ1v) is 9.77. The lowest BCUT2D eigenvalue weighted by atomic mass is 9.48. The Balaban J connectivity index is 1.49. The number of halogens is 2. The molecule has 118 valence electrons. The molecule has 1 aromatic carbocycles. The summed E-state index contributed by atoms with van der Waals surface area (Å²) in [6.07, 6.45) is 8.38. The van der Waals surface area contributed by atoms with Crippen molar-refractivity contribution in [3.8, 4) is 0 Å². The lowest BCUT2D eigenvalue weighted by Gasteiger charge is -2.60. The van der Waals surface area contributed by atoms with Crippen molar-refractivity contribution in [2.45, 2.75) is 49.3 Å². The van der Waals surface area contributed by atoms with Crippen molar-refractivity contribution in [3.05, 3.63) is 28.7 Å². The first kappa shape index (κ1) is 15.2. The molecule has 1 N–H and O–H groups in total. The van der Waals surface area contributed by atoms with E-state index in [9.17, 15) is 4.79 Å². The topological polar surface area (TPSA) is 29.1 Å². The van der Waals surface area contributed by atoms with Crippen LogP contribution in [-0.2, 0) is 4.79 Å². The molecule has 0 heterocycles. The summed E-state index contributed by atoms with van der Waals surface area (Å²) >= 11 is 7.53. The highest BCUT2D eigenvalue weighted by Gasteiger charge is 2.57. The van der Waals surface area contributed by atoms with Gasteiger partial charge in [0.1, 0.15) is 0 Å². The number of hydrogen-bond acceptors (Lipinski definition) is 1. The Morgan fingerprint density at radius 3 is 2.50 bits per heavy atom. The van der Waals surface area contributed by atoms with Gasteiger partial charge in [0.15, 0.2) is 0 Å². The molecular weight excluding hydrogens is 406 g/mol. The normalized spacial score (nSPS) is 39.0. The van der Waals surface area contributed by atoms with Crippen LogP contribution in [0.2, 0.25) is 0 Å². The van der Waals surface area contributed by atoms with E-state index in [-0.39, 0.29) is 11.3 Å². The number of benzene rings is 1. The van der Waals surface area contributed by atoms with E-state index >= 15 is 0 Å². The molecule has 4 saturated carbocycles. The van der Waals surface area contributed by atoms with Gasteiger partial charge in [-0.2, -0.15) is 0 Å². The second kappa shape index (κ2) is 5.34. The minimum atomic E-state index is 0.171. The minimum absolute atomic E-state index is 0.171. The van der Waals surface area contributed by atoms with Crippen LogP contribution < -0.4 is 5.32 Å². The summed E-state index contributed by atoms with van der Waals surface area (Å²) in [6.45, 7) is 0. The number of carbonyl (C=O) groups is 1.